The summed E-state index contributed by atoms with van der Waals surface area (Å²) >= 11 is 0. The van der Waals surface area contributed by atoms with Gasteiger partial charge in [-0.1, -0.05) is 20.3 Å². The van der Waals surface area contributed by atoms with E-state index in [9.17, 15) is 0 Å². The fourth-order valence-corrected chi connectivity index (χ4v) is 3.79. The van der Waals surface area contributed by atoms with E-state index in [2.05, 4.69) is 31.4 Å². The second-order valence-electron chi connectivity index (χ2n) is 6.49. The van der Waals surface area contributed by atoms with Crippen LogP contribution in [-0.2, 0) is 0 Å². The number of piperidine rings is 2. The fraction of sp³-hybridized carbons (Fsp3) is 1.00. The van der Waals surface area contributed by atoms with Crippen LogP contribution >= 0.6 is 0 Å². The molecule has 2 fully saturated rings. The molecule has 0 radical (unpaired) electrons. The van der Waals surface area contributed by atoms with Crippen LogP contribution in [0.2, 0.25) is 0 Å². The summed E-state index contributed by atoms with van der Waals surface area (Å²) in [5.74, 6) is 2.78. The van der Waals surface area contributed by atoms with E-state index < -0.39 is 0 Å². The molecule has 2 heterocycles. The molecule has 0 aromatic heterocycles. The molecule has 0 aromatic carbocycles. The molecule has 2 aliphatic heterocycles. The molecule has 2 nitrogen and oxygen atoms in total. The van der Waals surface area contributed by atoms with Gasteiger partial charge < -0.3 is 10.6 Å². The standard InChI is InChI=1S/C15H30N2/c1-4-13-8-12(3)17-10-14(13)9-15-7-11(2)5-6-16-15/h11-17H,4-10H2,1-3H3/t11-,12-,13-,14?,15+/m1/s1. The molecule has 17 heavy (non-hydrogen) atoms. The predicted octanol–water partition coefficient (Wildman–Crippen LogP) is 2.79. The molecule has 1 unspecified atom stereocenters. The number of hydrogen-bond acceptors (Lipinski definition) is 2. The first-order valence-electron chi connectivity index (χ1n) is 7.65. The second-order valence-corrected chi connectivity index (χ2v) is 6.49. The Balaban J connectivity index is 1.84. The van der Waals surface area contributed by atoms with E-state index in [0.717, 1.165) is 29.8 Å². The molecule has 2 heteroatoms. The summed E-state index contributed by atoms with van der Waals surface area (Å²) in [5.41, 5.74) is 0. The van der Waals surface area contributed by atoms with Gasteiger partial charge in [-0.15, -0.1) is 0 Å². The van der Waals surface area contributed by atoms with Crippen LogP contribution in [0.3, 0.4) is 0 Å². The molecule has 100 valence electrons. The summed E-state index contributed by atoms with van der Waals surface area (Å²) in [4.78, 5) is 0. The quantitative estimate of drug-likeness (QED) is 0.790. The van der Waals surface area contributed by atoms with Gasteiger partial charge in [-0.3, -0.25) is 0 Å². The zero-order valence-corrected chi connectivity index (χ0v) is 11.8. The fourth-order valence-electron chi connectivity index (χ4n) is 3.79. The van der Waals surface area contributed by atoms with Gasteiger partial charge in [0.15, 0.2) is 0 Å². The van der Waals surface area contributed by atoms with Crippen molar-refractivity contribution in [1.82, 2.24) is 10.6 Å². The summed E-state index contributed by atoms with van der Waals surface area (Å²) in [7, 11) is 0. The Kier molecular flexibility index (Phi) is 4.87. The van der Waals surface area contributed by atoms with Crippen LogP contribution in [-0.4, -0.2) is 25.2 Å². The normalized spacial score (nSPS) is 43.6. The van der Waals surface area contributed by atoms with Gasteiger partial charge in [-0.05, 0) is 63.5 Å². The Morgan fingerprint density at radius 2 is 1.88 bits per heavy atom. The largest absolute Gasteiger partial charge is 0.314 e. The maximum atomic E-state index is 3.72. The Hall–Kier alpha value is -0.0800. The highest BCUT2D eigenvalue weighted by Crippen LogP contribution is 2.30. The molecule has 0 bridgehead atoms. The first kappa shape index (κ1) is 13.4. The monoisotopic (exact) mass is 238 g/mol. The zero-order valence-electron chi connectivity index (χ0n) is 11.8. The van der Waals surface area contributed by atoms with Gasteiger partial charge in [-0.2, -0.15) is 0 Å². The second kappa shape index (κ2) is 6.19. The third kappa shape index (κ3) is 3.69. The van der Waals surface area contributed by atoms with Crippen molar-refractivity contribution < 1.29 is 0 Å². The minimum Gasteiger partial charge on any atom is -0.314 e. The Bertz CT molecular complexity index is 229. The molecule has 0 amide bonds. The van der Waals surface area contributed by atoms with Crippen molar-refractivity contribution in [3.05, 3.63) is 0 Å². The van der Waals surface area contributed by atoms with E-state index in [1.54, 1.807) is 0 Å². The highest BCUT2D eigenvalue weighted by atomic mass is 14.9. The van der Waals surface area contributed by atoms with Crippen molar-refractivity contribution in [3.63, 3.8) is 0 Å². The lowest BCUT2D eigenvalue weighted by molar-refractivity contribution is 0.169. The van der Waals surface area contributed by atoms with Gasteiger partial charge in [0.25, 0.3) is 0 Å². The van der Waals surface area contributed by atoms with E-state index in [4.69, 9.17) is 0 Å². The van der Waals surface area contributed by atoms with Crippen LogP contribution in [0.4, 0.5) is 0 Å². The SMILES string of the molecule is CC[C@@H]1C[C@@H](C)NCC1C[C@@H]1C[C@H](C)CCN1. The van der Waals surface area contributed by atoms with Crippen LogP contribution in [0.15, 0.2) is 0 Å². The molecule has 2 saturated heterocycles. The molecule has 0 aromatic rings. The van der Waals surface area contributed by atoms with Gasteiger partial charge >= 0.3 is 0 Å². The van der Waals surface area contributed by atoms with Crippen molar-refractivity contribution in [2.45, 2.75) is 65.0 Å². The zero-order chi connectivity index (χ0) is 12.3. The van der Waals surface area contributed by atoms with Crippen molar-refractivity contribution in [2.75, 3.05) is 13.1 Å². The van der Waals surface area contributed by atoms with E-state index in [1.165, 1.54) is 45.2 Å². The molecule has 5 atom stereocenters. The van der Waals surface area contributed by atoms with Crippen molar-refractivity contribution >= 4 is 0 Å². The van der Waals surface area contributed by atoms with E-state index >= 15 is 0 Å². The lowest BCUT2D eigenvalue weighted by atomic mass is 9.77. The van der Waals surface area contributed by atoms with Crippen molar-refractivity contribution in [2.24, 2.45) is 17.8 Å². The molecule has 0 aliphatic carbocycles. The Morgan fingerprint density at radius 3 is 2.59 bits per heavy atom. The Labute approximate surface area is 107 Å². The third-order valence-electron chi connectivity index (χ3n) is 4.92. The first-order valence-corrected chi connectivity index (χ1v) is 7.65. The smallest absolute Gasteiger partial charge is 0.00728 e. The van der Waals surface area contributed by atoms with Gasteiger partial charge in [0.2, 0.25) is 0 Å². The molecule has 2 aliphatic rings. The van der Waals surface area contributed by atoms with Crippen LogP contribution in [0.5, 0.6) is 0 Å². The molecule has 0 saturated carbocycles. The summed E-state index contributed by atoms with van der Waals surface area (Å²) in [6, 6.07) is 1.52. The van der Waals surface area contributed by atoms with E-state index in [-0.39, 0.29) is 0 Å². The highest BCUT2D eigenvalue weighted by Gasteiger charge is 2.30. The third-order valence-corrected chi connectivity index (χ3v) is 4.92. The van der Waals surface area contributed by atoms with Gasteiger partial charge in [0.1, 0.15) is 0 Å². The van der Waals surface area contributed by atoms with Crippen LogP contribution < -0.4 is 10.6 Å². The van der Waals surface area contributed by atoms with Crippen LogP contribution in [0.25, 0.3) is 0 Å². The Morgan fingerprint density at radius 1 is 1.06 bits per heavy atom. The lowest BCUT2D eigenvalue weighted by Crippen LogP contribution is -2.46. The number of hydrogen-bond donors (Lipinski definition) is 2. The average molecular weight is 238 g/mol. The summed E-state index contributed by atoms with van der Waals surface area (Å²) in [5, 5.41) is 7.39. The minimum atomic E-state index is 0.731. The van der Waals surface area contributed by atoms with Crippen molar-refractivity contribution in [3.8, 4) is 0 Å². The molecule has 0 spiro atoms. The minimum absolute atomic E-state index is 0.731. The van der Waals surface area contributed by atoms with E-state index in [1.807, 2.05) is 0 Å². The topological polar surface area (TPSA) is 24.1 Å². The summed E-state index contributed by atoms with van der Waals surface area (Å²) in [6.07, 6.45) is 6.89. The van der Waals surface area contributed by atoms with E-state index in [0.29, 0.717) is 0 Å². The molecular weight excluding hydrogens is 208 g/mol. The molecule has 2 rings (SSSR count). The highest BCUT2D eigenvalue weighted by molar-refractivity contribution is 4.86. The number of nitrogens with one attached hydrogen (secondary N) is 2. The maximum Gasteiger partial charge on any atom is 0.00728 e. The van der Waals surface area contributed by atoms with Crippen LogP contribution in [0, 0.1) is 17.8 Å². The van der Waals surface area contributed by atoms with Crippen molar-refractivity contribution in [1.29, 1.82) is 0 Å². The predicted molar refractivity (Wildman–Crippen MR) is 74.2 cm³/mol. The van der Waals surface area contributed by atoms with Crippen LogP contribution in [0.1, 0.15) is 52.9 Å². The van der Waals surface area contributed by atoms with Gasteiger partial charge in [-0.25, -0.2) is 0 Å². The lowest BCUT2D eigenvalue weighted by Gasteiger charge is -2.39. The summed E-state index contributed by atoms with van der Waals surface area (Å²) < 4.78 is 0. The summed E-state index contributed by atoms with van der Waals surface area (Å²) in [6.45, 7) is 9.59. The number of rotatable bonds is 3. The average Bonchev–Trinajstić information content (AvgIpc) is 2.31. The molecular formula is C15H30N2. The first-order chi connectivity index (χ1) is 8.19. The van der Waals surface area contributed by atoms with Gasteiger partial charge in [0.05, 0.1) is 0 Å². The van der Waals surface area contributed by atoms with Gasteiger partial charge in [0, 0.05) is 12.1 Å². The maximum absolute atomic E-state index is 3.72. The molecule has 2 N–H and O–H groups in total.